The van der Waals surface area contributed by atoms with Crippen LogP contribution in [0.1, 0.15) is 219 Å². The highest BCUT2D eigenvalue weighted by molar-refractivity contribution is 5.86. The van der Waals surface area contributed by atoms with E-state index in [1.54, 1.807) is 0 Å². The molecule has 0 aromatic heterocycles. The number of hydrogen-bond acceptors (Lipinski definition) is 7. The molecular formula is C41H76NO7-. The Labute approximate surface area is 301 Å². The van der Waals surface area contributed by atoms with Gasteiger partial charge in [0, 0.05) is 18.8 Å². The highest BCUT2D eigenvalue weighted by Gasteiger charge is 2.23. The van der Waals surface area contributed by atoms with Crippen LogP contribution in [0, 0.1) is 0 Å². The van der Waals surface area contributed by atoms with Crippen LogP contribution in [0.2, 0.25) is 0 Å². The van der Waals surface area contributed by atoms with Crippen LogP contribution >= 0.6 is 0 Å². The topological polar surface area (TPSA) is 122 Å². The van der Waals surface area contributed by atoms with Crippen LogP contribution in [-0.4, -0.2) is 43.1 Å². The zero-order valence-corrected chi connectivity index (χ0v) is 32.0. The van der Waals surface area contributed by atoms with Gasteiger partial charge in [-0.25, -0.2) is 4.79 Å². The number of carbonyl (C=O) groups excluding carboxylic acids is 4. The monoisotopic (exact) mass is 695 g/mol. The molecule has 1 N–H and O–H groups in total. The minimum Gasteiger partial charge on any atom is -0.550 e. The lowest BCUT2D eigenvalue weighted by molar-refractivity contribution is -0.305. The molecule has 0 spiro atoms. The number of carboxylic acid groups (broad SMARTS) is 1. The molecule has 0 saturated heterocycles. The normalized spacial score (nSPS) is 11.7. The van der Waals surface area contributed by atoms with Crippen molar-refractivity contribution in [3.05, 3.63) is 0 Å². The van der Waals surface area contributed by atoms with Crippen molar-refractivity contribution in [3.8, 4) is 0 Å². The molecule has 288 valence electrons. The van der Waals surface area contributed by atoms with Gasteiger partial charge in [0.1, 0.15) is 6.04 Å². The van der Waals surface area contributed by atoms with E-state index in [2.05, 4.69) is 19.2 Å². The Kier molecular flexibility index (Phi) is 35.5. The number of nitrogens with one attached hydrogen (secondary N) is 1. The number of hydrogen-bond donors (Lipinski definition) is 1. The van der Waals surface area contributed by atoms with Gasteiger partial charge in [0.15, 0.2) is 0 Å². The SMILES string of the molecule is CCCCCCCCCCCCCCCCOC(=O)CCC(NC(=O)CCC(=O)[O-])C(=O)OCCCCCCCCCCCCCCCC. The van der Waals surface area contributed by atoms with Crippen molar-refractivity contribution in [1.82, 2.24) is 5.32 Å². The summed E-state index contributed by atoms with van der Waals surface area (Å²) in [6.07, 6.45) is 34.2. The molecule has 0 saturated carbocycles. The third kappa shape index (κ3) is 35.5. The number of unbranched alkanes of at least 4 members (excludes halogenated alkanes) is 26. The first kappa shape index (κ1) is 46.9. The number of aliphatic carboxylic acids is 1. The van der Waals surface area contributed by atoms with E-state index in [1.165, 1.54) is 141 Å². The van der Waals surface area contributed by atoms with Crippen molar-refractivity contribution in [2.24, 2.45) is 0 Å². The molecule has 1 unspecified atom stereocenters. The average Bonchev–Trinajstić information content (AvgIpc) is 3.08. The molecule has 0 heterocycles. The standard InChI is InChI=1S/C41H77NO7/c1-3-5-7-9-11-13-15-17-19-21-23-25-27-29-35-48-40(46)34-31-37(42-38(43)32-33-39(44)45)41(47)49-36-30-28-26-24-22-20-18-16-14-12-10-8-6-4-2/h37H,3-36H2,1-2H3,(H,42,43)(H,44,45)/p-1. The largest absolute Gasteiger partial charge is 0.550 e. The third-order valence-electron chi connectivity index (χ3n) is 9.32. The van der Waals surface area contributed by atoms with Gasteiger partial charge in [0.25, 0.3) is 0 Å². The quantitative estimate of drug-likeness (QED) is 0.0504. The number of carbonyl (C=O) groups is 4. The molecule has 0 aromatic carbocycles. The average molecular weight is 695 g/mol. The predicted octanol–water partition coefficient (Wildman–Crippen LogP) is 9.83. The maximum Gasteiger partial charge on any atom is 0.328 e. The minimum absolute atomic E-state index is 0.0298. The second-order valence-electron chi connectivity index (χ2n) is 14.1. The molecule has 0 aromatic rings. The molecule has 0 radical (unpaired) electrons. The lowest BCUT2D eigenvalue weighted by atomic mass is 10.0. The summed E-state index contributed by atoms with van der Waals surface area (Å²) >= 11 is 0. The summed E-state index contributed by atoms with van der Waals surface area (Å²) < 4.78 is 10.8. The molecule has 0 aliphatic rings. The van der Waals surface area contributed by atoms with Crippen molar-refractivity contribution in [2.75, 3.05) is 13.2 Å². The van der Waals surface area contributed by atoms with Gasteiger partial charge in [0.2, 0.25) is 5.91 Å². The van der Waals surface area contributed by atoms with E-state index in [4.69, 9.17) is 9.47 Å². The van der Waals surface area contributed by atoms with Crippen LogP contribution in [0.5, 0.6) is 0 Å². The van der Waals surface area contributed by atoms with Crippen molar-refractivity contribution >= 4 is 23.8 Å². The molecule has 0 aliphatic heterocycles. The molecule has 0 fully saturated rings. The van der Waals surface area contributed by atoms with Gasteiger partial charge in [-0.2, -0.15) is 0 Å². The maximum atomic E-state index is 12.8. The van der Waals surface area contributed by atoms with E-state index in [9.17, 15) is 24.3 Å². The molecule has 8 nitrogen and oxygen atoms in total. The van der Waals surface area contributed by atoms with E-state index < -0.39 is 36.3 Å². The van der Waals surface area contributed by atoms with Crippen molar-refractivity contribution in [1.29, 1.82) is 0 Å². The summed E-state index contributed by atoms with van der Waals surface area (Å²) in [5.74, 6) is -2.93. The summed E-state index contributed by atoms with van der Waals surface area (Å²) in [5, 5.41) is 13.3. The number of amides is 1. The van der Waals surface area contributed by atoms with Crippen LogP contribution in [0.4, 0.5) is 0 Å². The van der Waals surface area contributed by atoms with Gasteiger partial charge in [-0.15, -0.1) is 0 Å². The van der Waals surface area contributed by atoms with Crippen molar-refractivity contribution < 1.29 is 33.8 Å². The molecule has 0 rings (SSSR count). The van der Waals surface area contributed by atoms with E-state index in [0.29, 0.717) is 6.61 Å². The molecule has 8 heteroatoms. The zero-order chi connectivity index (χ0) is 36.0. The van der Waals surface area contributed by atoms with Gasteiger partial charge in [-0.05, 0) is 25.7 Å². The maximum absolute atomic E-state index is 12.8. The number of ether oxygens (including phenoxy) is 2. The van der Waals surface area contributed by atoms with Crippen molar-refractivity contribution in [3.63, 3.8) is 0 Å². The first-order chi connectivity index (χ1) is 23.9. The number of carboxylic acids is 1. The zero-order valence-electron chi connectivity index (χ0n) is 32.0. The van der Waals surface area contributed by atoms with E-state index >= 15 is 0 Å². The fourth-order valence-electron chi connectivity index (χ4n) is 6.12. The molecule has 1 atom stereocenters. The lowest BCUT2D eigenvalue weighted by Crippen LogP contribution is -2.42. The van der Waals surface area contributed by atoms with Crippen LogP contribution < -0.4 is 10.4 Å². The van der Waals surface area contributed by atoms with Gasteiger partial charge >= 0.3 is 11.9 Å². The molecule has 1 amide bonds. The first-order valence-electron chi connectivity index (χ1n) is 20.7. The Morgan fingerprint density at radius 1 is 0.469 bits per heavy atom. The van der Waals surface area contributed by atoms with Crippen molar-refractivity contribution in [2.45, 2.75) is 225 Å². The Bertz CT molecular complexity index is 788. The van der Waals surface area contributed by atoms with E-state index in [0.717, 1.165) is 38.5 Å². The number of esters is 2. The Morgan fingerprint density at radius 3 is 1.18 bits per heavy atom. The summed E-state index contributed by atoms with van der Waals surface area (Å²) in [7, 11) is 0. The Morgan fingerprint density at radius 2 is 0.816 bits per heavy atom. The molecular weight excluding hydrogens is 618 g/mol. The fourth-order valence-corrected chi connectivity index (χ4v) is 6.12. The highest BCUT2D eigenvalue weighted by atomic mass is 16.5. The highest BCUT2D eigenvalue weighted by Crippen LogP contribution is 2.15. The Hall–Kier alpha value is -2.12. The van der Waals surface area contributed by atoms with Gasteiger partial charge in [-0.1, -0.05) is 181 Å². The fraction of sp³-hybridized carbons (Fsp3) is 0.902. The molecule has 49 heavy (non-hydrogen) atoms. The van der Waals surface area contributed by atoms with Gasteiger partial charge in [0.05, 0.1) is 13.2 Å². The lowest BCUT2D eigenvalue weighted by Gasteiger charge is -2.18. The minimum atomic E-state index is -1.33. The van der Waals surface area contributed by atoms with Crippen LogP contribution in [0.3, 0.4) is 0 Å². The van der Waals surface area contributed by atoms with Crippen LogP contribution in [-0.2, 0) is 28.7 Å². The summed E-state index contributed by atoms with van der Waals surface area (Å²) in [6.45, 7) is 5.11. The molecule has 0 aliphatic carbocycles. The second-order valence-corrected chi connectivity index (χ2v) is 14.1. The van der Waals surface area contributed by atoms with E-state index in [1.807, 2.05) is 0 Å². The number of rotatable bonds is 38. The summed E-state index contributed by atoms with van der Waals surface area (Å²) in [4.78, 5) is 48.1. The predicted molar refractivity (Wildman–Crippen MR) is 198 cm³/mol. The second kappa shape index (κ2) is 37.1. The summed E-state index contributed by atoms with van der Waals surface area (Å²) in [5.41, 5.74) is 0. The summed E-state index contributed by atoms with van der Waals surface area (Å²) in [6, 6.07) is -1.02. The van der Waals surface area contributed by atoms with Gasteiger partial charge < -0.3 is 24.7 Å². The molecule has 0 bridgehead atoms. The van der Waals surface area contributed by atoms with E-state index in [-0.39, 0.29) is 25.9 Å². The Balaban J connectivity index is 4.05. The van der Waals surface area contributed by atoms with Crippen LogP contribution in [0.15, 0.2) is 0 Å². The van der Waals surface area contributed by atoms with Crippen LogP contribution in [0.25, 0.3) is 0 Å². The third-order valence-corrected chi connectivity index (χ3v) is 9.32. The smallest absolute Gasteiger partial charge is 0.328 e. The van der Waals surface area contributed by atoms with Gasteiger partial charge in [-0.3, -0.25) is 9.59 Å². The first-order valence-corrected chi connectivity index (χ1v) is 20.7.